The predicted octanol–water partition coefficient (Wildman–Crippen LogP) is 2.13. The van der Waals surface area contributed by atoms with Crippen LogP contribution in [0.1, 0.15) is 10.4 Å². The Morgan fingerprint density at radius 2 is 1.68 bits per heavy atom. The molecule has 0 spiro atoms. The van der Waals surface area contributed by atoms with Gasteiger partial charge in [0.05, 0.1) is 13.1 Å². The predicted molar refractivity (Wildman–Crippen MR) is 112 cm³/mol. The molecule has 7 nitrogen and oxygen atoms in total. The first-order valence-corrected chi connectivity index (χ1v) is 9.98. The summed E-state index contributed by atoms with van der Waals surface area (Å²) in [6, 6.07) is 9.74. The molecule has 10 heteroatoms. The molecular weight excluding hydrogens is 430 g/mol. The third kappa shape index (κ3) is 6.47. The van der Waals surface area contributed by atoms with Gasteiger partial charge in [0.1, 0.15) is 0 Å². The summed E-state index contributed by atoms with van der Waals surface area (Å²) in [6.07, 6.45) is 0. The van der Waals surface area contributed by atoms with Gasteiger partial charge in [-0.15, -0.1) is 0 Å². The molecule has 1 aliphatic rings. The third-order valence-corrected chi connectivity index (χ3v) is 4.98. The van der Waals surface area contributed by atoms with Crippen molar-refractivity contribution in [3.05, 3.63) is 64.7 Å². The lowest BCUT2D eigenvalue weighted by Gasteiger charge is -2.34. The summed E-state index contributed by atoms with van der Waals surface area (Å²) in [6.45, 7) is 1.74. The monoisotopic (exact) mass is 450 g/mol. The van der Waals surface area contributed by atoms with Gasteiger partial charge >= 0.3 is 0 Å². The van der Waals surface area contributed by atoms with Crippen molar-refractivity contribution >= 4 is 35.0 Å². The largest absolute Gasteiger partial charge is 0.346 e. The molecule has 1 heterocycles. The summed E-state index contributed by atoms with van der Waals surface area (Å²) in [7, 11) is 0. The van der Waals surface area contributed by atoms with E-state index in [2.05, 4.69) is 10.6 Å². The van der Waals surface area contributed by atoms with Crippen LogP contribution < -0.4 is 10.6 Å². The van der Waals surface area contributed by atoms with Crippen molar-refractivity contribution in [2.45, 2.75) is 0 Å². The van der Waals surface area contributed by atoms with Gasteiger partial charge < -0.3 is 15.5 Å². The summed E-state index contributed by atoms with van der Waals surface area (Å²) in [5.41, 5.74) is 0.615. The first-order chi connectivity index (χ1) is 14.8. The van der Waals surface area contributed by atoms with Crippen molar-refractivity contribution in [3.63, 3.8) is 0 Å². The number of nitrogens with one attached hydrogen (secondary N) is 2. The Balaban J connectivity index is 1.39. The molecule has 1 aliphatic heterocycles. The molecule has 0 aliphatic carbocycles. The first-order valence-electron chi connectivity index (χ1n) is 9.60. The van der Waals surface area contributed by atoms with Gasteiger partial charge in [-0.3, -0.25) is 19.3 Å². The van der Waals surface area contributed by atoms with Crippen molar-refractivity contribution in [2.75, 3.05) is 44.6 Å². The van der Waals surface area contributed by atoms with Crippen molar-refractivity contribution in [1.82, 2.24) is 15.1 Å². The lowest BCUT2D eigenvalue weighted by Crippen LogP contribution is -2.51. The fraction of sp³-hybridized carbons (Fsp3) is 0.286. The van der Waals surface area contributed by atoms with Gasteiger partial charge in [-0.1, -0.05) is 17.7 Å². The number of halogens is 3. The van der Waals surface area contributed by atoms with Gasteiger partial charge in [-0.2, -0.15) is 0 Å². The van der Waals surface area contributed by atoms with E-state index >= 15 is 0 Å². The number of piperazine rings is 1. The number of anilines is 1. The fourth-order valence-electron chi connectivity index (χ4n) is 3.13. The highest BCUT2D eigenvalue weighted by molar-refractivity contribution is 6.30. The van der Waals surface area contributed by atoms with Crippen LogP contribution in [0.2, 0.25) is 5.02 Å². The van der Waals surface area contributed by atoms with Crippen LogP contribution in [-0.2, 0) is 9.59 Å². The van der Waals surface area contributed by atoms with Gasteiger partial charge in [0.25, 0.3) is 5.91 Å². The maximum atomic E-state index is 13.2. The minimum atomic E-state index is -1.07. The molecule has 3 amide bonds. The van der Waals surface area contributed by atoms with Crippen LogP contribution in [-0.4, -0.2) is 66.8 Å². The molecule has 3 rings (SSSR count). The van der Waals surface area contributed by atoms with Gasteiger partial charge in [-0.25, -0.2) is 8.78 Å². The van der Waals surface area contributed by atoms with E-state index < -0.39 is 17.5 Å². The molecule has 31 heavy (non-hydrogen) atoms. The van der Waals surface area contributed by atoms with E-state index in [0.717, 1.165) is 12.1 Å². The molecular formula is C21H21ClF2N4O3. The average Bonchev–Trinajstić information content (AvgIpc) is 2.75. The highest BCUT2D eigenvalue weighted by Crippen LogP contribution is 2.14. The second kappa shape index (κ2) is 10.3. The van der Waals surface area contributed by atoms with Crippen LogP contribution in [0.25, 0.3) is 0 Å². The average molecular weight is 451 g/mol. The van der Waals surface area contributed by atoms with E-state index in [4.69, 9.17) is 11.6 Å². The first kappa shape index (κ1) is 22.6. The van der Waals surface area contributed by atoms with E-state index in [9.17, 15) is 23.2 Å². The van der Waals surface area contributed by atoms with Gasteiger partial charge in [-0.05, 0) is 30.3 Å². The molecule has 2 aromatic rings. The molecule has 0 atom stereocenters. The number of benzene rings is 2. The van der Waals surface area contributed by atoms with Crippen LogP contribution >= 0.6 is 11.6 Å². The van der Waals surface area contributed by atoms with E-state index in [-0.39, 0.29) is 30.6 Å². The minimum absolute atomic E-state index is 0.0810. The van der Waals surface area contributed by atoms with Crippen molar-refractivity contribution in [3.8, 4) is 0 Å². The molecule has 0 saturated carbocycles. The normalized spacial score (nSPS) is 14.2. The van der Waals surface area contributed by atoms with Crippen molar-refractivity contribution < 1.29 is 23.2 Å². The molecule has 2 aromatic carbocycles. The second-order valence-electron chi connectivity index (χ2n) is 7.03. The Hall–Kier alpha value is -3.04. The standard InChI is InChI=1S/C21H21ClF2N4O3/c22-15-3-1-2-14(10-15)21(31)28-8-6-27(7-9-28)13-20(30)25-12-19(29)26-16-4-5-17(23)18(24)11-16/h1-5,10-11H,6-9,12-13H2,(H,25,30)(H,26,29). The summed E-state index contributed by atoms with van der Waals surface area (Å²) in [4.78, 5) is 40.1. The Bertz CT molecular complexity index is 981. The Morgan fingerprint density at radius 3 is 2.35 bits per heavy atom. The molecule has 0 radical (unpaired) electrons. The number of hydrogen-bond acceptors (Lipinski definition) is 4. The third-order valence-electron chi connectivity index (χ3n) is 4.75. The topological polar surface area (TPSA) is 81.8 Å². The quantitative estimate of drug-likeness (QED) is 0.706. The summed E-state index contributed by atoms with van der Waals surface area (Å²) >= 11 is 5.94. The van der Waals surface area contributed by atoms with Crippen molar-refractivity contribution in [1.29, 1.82) is 0 Å². The lowest BCUT2D eigenvalue weighted by atomic mass is 10.2. The van der Waals surface area contributed by atoms with Crippen LogP contribution in [0.4, 0.5) is 14.5 Å². The molecule has 0 bridgehead atoms. The maximum absolute atomic E-state index is 13.2. The molecule has 1 fully saturated rings. The number of rotatable bonds is 6. The van der Waals surface area contributed by atoms with Crippen LogP contribution in [0.15, 0.2) is 42.5 Å². The highest BCUT2D eigenvalue weighted by atomic mass is 35.5. The number of nitrogens with zero attached hydrogens (tertiary/aromatic N) is 2. The smallest absolute Gasteiger partial charge is 0.253 e. The highest BCUT2D eigenvalue weighted by Gasteiger charge is 2.23. The van der Waals surface area contributed by atoms with E-state index in [1.54, 1.807) is 29.2 Å². The number of hydrogen-bond donors (Lipinski definition) is 2. The Kier molecular flexibility index (Phi) is 7.54. The van der Waals surface area contributed by atoms with E-state index in [0.29, 0.717) is 36.8 Å². The van der Waals surface area contributed by atoms with Crippen LogP contribution in [0.5, 0.6) is 0 Å². The zero-order valence-corrected chi connectivity index (χ0v) is 17.3. The number of carbonyl (C=O) groups is 3. The number of amides is 3. The zero-order valence-electron chi connectivity index (χ0n) is 16.5. The molecule has 2 N–H and O–H groups in total. The Labute approximate surface area is 183 Å². The molecule has 1 saturated heterocycles. The SMILES string of the molecule is O=C(CN1CCN(C(=O)c2cccc(Cl)c2)CC1)NCC(=O)Nc1ccc(F)c(F)c1. The van der Waals surface area contributed by atoms with Gasteiger partial charge in [0.15, 0.2) is 11.6 Å². The zero-order chi connectivity index (χ0) is 22.4. The van der Waals surface area contributed by atoms with E-state index in [1.165, 1.54) is 6.07 Å². The summed E-state index contributed by atoms with van der Waals surface area (Å²) in [5, 5.41) is 5.36. The summed E-state index contributed by atoms with van der Waals surface area (Å²) in [5.74, 6) is -3.11. The van der Waals surface area contributed by atoms with E-state index in [1.807, 2.05) is 4.90 Å². The Morgan fingerprint density at radius 1 is 0.935 bits per heavy atom. The second-order valence-corrected chi connectivity index (χ2v) is 7.47. The lowest BCUT2D eigenvalue weighted by molar-refractivity contribution is -0.125. The van der Waals surface area contributed by atoms with Crippen LogP contribution in [0.3, 0.4) is 0 Å². The van der Waals surface area contributed by atoms with Crippen LogP contribution in [0, 0.1) is 11.6 Å². The fourth-order valence-corrected chi connectivity index (χ4v) is 3.32. The number of carbonyl (C=O) groups excluding carboxylic acids is 3. The molecule has 0 aromatic heterocycles. The maximum Gasteiger partial charge on any atom is 0.253 e. The van der Waals surface area contributed by atoms with Gasteiger partial charge in [0, 0.05) is 48.5 Å². The molecule has 0 unspecified atom stereocenters. The summed E-state index contributed by atoms with van der Waals surface area (Å²) < 4.78 is 26.1. The van der Waals surface area contributed by atoms with Gasteiger partial charge in [0.2, 0.25) is 11.8 Å². The minimum Gasteiger partial charge on any atom is -0.346 e. The van der Waals surface area contributed by atoms with Crippen molar-refractivity contribution in [2.24, 2.45) is 0 Å². The molecule has 164 valence electrons.